The third kappa shape index (κ3) is 4.16. The zero-order chi connectivity index (χ0) is 19.3. The number of H-pyrrole nitrogens is 2. The number of rotatable bonds is 5. The lowest BCUT2D eigenvalue weighted by Crippen LogP contribution is -2.01. The number of hydrogen-bond donors (Lipinski definition) is 3. The number of aliphatic imine (C=N–C) groups is 1. The van der Waals surface area contributed by atoms with E-state index in [1.54, 1.807) is 6.08 Å². The molecule has 4 rings (SSSR count). The molecule has 2 bridgehead atoms. The molecule has 0 amide bonds. The van der Waals surface area contributed by atoms with Crippen molar-refractivity contribution >= 4 is 11.8 Å². The fraction of sp³-hybridized carbons (Fsp3) is 0.458. The molecule has 148 valence electrons. The molecule has 0 saturated heterocycles. The quantitative estimate of drug-likeness (QED) is 0.554. The van der Waals surface area contributed by atoms with E-state index >= 15 is 0 Å². The summed E-state index contributed by atoms with van der Waals surface area (Å²) in [5, 5.41) is 10.5. The van der Waals surface area contributed by atoms with E-state index in [-0.39, 0.29) is 5.76 Å². The number of nitrogens with one attached hydrogen (secondary N) is 2. The smallest absolute Gasteiger partial charge is 0.143 e. The zero-order valence-electron chi connectivity index (χ0n) is 16.8. The van der Waals surface area contributed by atoms with Crippen LogP contribution in [0.4, 0.5) is 0 Å². The van der Waals surface area contributed by atoms with Crippen LogP contribution in [0.2, 0.25) is 0 Å². The normalized spacial score (nSPS) is 21.6. The van der Waals surface area contributed by atoms with Gasteiger partial charge in [0.1, 0.15) is 11.5 Å². The van der Waals surface area contributed by atoms with E-state index in [0.717, 1.165) is 23.5 Å². The maximum absolute atomic E-state index is 10.5. The Morgan fingerprint density at radius 1 is 1.25 bits per heavy atom. The van der Waals surface area contributed by atoms with Crippen LogP contribution in [0.15, 0.2) is 46.9 Å². The summed E-state index contributed by atoms with van der Waals surface area (Å²) in [5.41, 5.74) is 6.21. The third-order valence-corrected chi connectivity index (χ3v) is 5.96. The molecular weight excluding hydrogens is 346 g/mol. The van der Waals surface area contributed by atoms with Gasteiger partial charge in [0.15, 0.2) is 0 Å². The van der Waals surface area contributed by atoms with Crippen LogP contribution in [0, 0.1) is 0 Å². The number of allylic oxidation sites excluding steroid dienone is 1. The Hall–Kier alpha value is -2.49. The maximum Gasteiger partial charge on any atom is 0.143 e. The Morgan fingerprint density at radius 3 is 2.96 bits per heavy atom. The van der Waals surface area contributed by atoms with Crippen LogP contribution in [0.25, 0.3) is 6.08 Å². The van der Waals surface area contributed by atoms with Gasteiger partial charge in [0.05, 0.1) is 11.4 Å². The SMILES string of the molecule is CCCCC1CCCCCCc2cc1c(/C=C1/N=C(c3ccc[nH]3)C=C1O)[nH]2. The van der Waals surface area contributed by atoms with Gasteiger partial charge >= 0.3 is 0 Å². The number of aromatic nitrogens is 2. The van der Waals surface area contributed by atoms with E-state index in [4.69, 9.17) is 0 Å². The van der Waals surface area contributed by atoms with Gasteiger partial charge in [-0.25, -0.2) is 4.99 Å². The van der Waals surface area contributed by atoms with Crippen molar-refractivity contribution in [2.75, 3.05) is 0 Å². The molecule has 0 spiro atoms. The molecule has 2 aromatic rings. The number of nitrogens with zero attached hydrogens (tertiary/aromatic N) is 1. The molecule has 1 unspecified atom stereocenters. The second-order valence-corrected chi connectivity index (χ2v) is 8.10. The monoisotopic (exact) mass is 377 g/mol. The highest BCUT2D eigenvalue weighted by Gasteiger charge is 2.21. The van der Waals surface area contributed by atoms with Gasteiger partial charge in [-0.3, -0.25) is 0 Å². The van der Waals surface area contributed by atoms with E-state index in [9.17, 15) is 5.11 Å². The fourth-order valence-electron chi connectivity index (χ4n) is 4.40. The average Bonchev–Trinajstić information content (AvgIpc) is 3.42. The minimum absolute atomic E-state index is 0.237. The second-order valence-electron chi connectivity index (χ2n) is 8.10. The average molecular weight is 378 g/mol. The first-order valence-corrected chi connectivity index (χ1v) is 10.8. The molecule has 0 aromatic carbocycles. The number of aromatic amines is 2. The van der Waals surface area contributed by atoms with E-state index in [2.05, 4.69) is 28.0 Å². The Morgan fingerprint density at radius 2 is 2.14 bits per heavy atom. The highest BCUT2D eigenvalue weighted by Crippen LogP contribution is 2.34. The number of aryl methyl sites for hydroxylation is 1. The topological polar surface area (TPSA) is 64.2 Å². The summed E-state index contributed by atoms with van der Waals surface area (Å²) in [5.74, 6) is 0.829. The summed E-state index contributed by atoms with van der Waals surface area (Å²) in [6, 6.07) is 6.29. The van der Waals surface area contributed by atoms with Crippen molar-refractivity contribution in [3.8, 4) is 0 Å². The van der Waals surface area contributed by atoms with E-state index in [1.807, 2.05) is 24.4 Å². The van der Waals surface area contributed by atoms with Crippen molar-refractivity contribution in [3.63, 3.8) is 0 Å². The lowest BCUT2D eigenvalue weighted by molar-refractivity contribution is 0.426. The van der Waals surface area contributed by atoms with Gasteiger partial charge in [0.2, 0.25) is 0 Å². The standard InChI is InChI=1S/C24H31N3O/c1-2-3-9-17-10-6-4-5-7-11-18-14-19(17)21(26-18)15-23-24(28)16-22(27-23)20-12-8-13-25-20/h8,12-17,25-26,28H,2-7,9-11H2,1H3/b23-15+. The Labute approximate surface area is 167 Å². The van der Waals surface area contributed by atoms with Crippen LogP contribution in [0.1, 0.15) is 86.9 Å². The van der Waals surface area contributed by atoms with Gasteiger partial charge in [-0.05, 0) is 61.4 Å². The second kappa shape index (κ2) is 8.68. The highest BCUT2D eigenvalue weighted by molar-refractivity contribution is 6.10. The molecule has 0 radical (unpaired) electrons. The number of fused-ring (bicyclic) bond motifs is 2. The van der Waals surface area contributed by atoms with Crippen molar-refractivity contribution in [2.45, 2.75) is 70.6 Å². The fourth-order valence-corrected chi connectivity index (χ4v) is 4.40. The molecule has 2 aliphatic rings. The van der Waals surface area contributed by atoms with Crippen molar-refractivity contribution in [1.29, 1.82) is 0 Å². The molecule has 0 saturated carbocycles. The molecule has 1 aliphatic carbocycles. The van der Waals surface area contributed by atoms with Crippen LogP contribution >= 0.6 is 0 Å². The van der Waals surface area contributed by atoms with Gasteiger partial charge in [-0.15, -0.1) is 0 Å². The first kappa shape index (κ1) is 18.9. The van der Waals surface area contributed by atoms with Gasteiger partial charge < -0.3 is 15.1 Å². The molecule has 0 fully saturated rings. The molecule has 28 heavy (non-hydrogen) atoms. The summed E-state index contributed by atoms with van der Waals surface area (Å²) in [6.07, 6.45) is 17.0. The Balaban J connectivity index is 1.68. The van der Waals surface area contributed by atoms with Crippen LogP contribution < -0.4 is 0 Å². The lowest BCUT2D eigenvalue weighted by Gasteiger charge is -2.17. The summed E-state index contributed by atoms with van der Waals surface area (Å²) in [7, 11) is 0. The Bertz CT molecular complexity index is 883. The van der Waals surface area contributed by atoms with Crippen molar-refractivity contribution in [2.24, 2.45) is 4.99 Å². The summed E-state index contributed by atoms with van der Waals surface area (Å²) in [4.78, 5) is 11.5. The number of aliphatic hydroxyl groups is 1. The van der Waals surface area contributed by atoms with Crippen LogP contribution in [0.3, 0.4) is 0 Å². The first-order valence-electron chi connectivity index (χ1n) is 10.8. The van der Waals surface area contributed by atoms with Gasteiger partial charge in [0.25, 0.3) is 0 Å². The van der Waals surface area contributed by atoms with Gasteiger partial charge in [-0.1, -0.05) is 39.0 Å². The van der Waals surface area contributed by atoms with Gasteiger partial charge in [-0.2, -0.15) is 0 Å². The number of hydrogen-bond acceptors (Lipinski definition) is 2. The van der Waals surface area contributed by atoms with Crippen molar-refractivity contribution < 1.29 is 5.11 Å². The van der Waals surface area contributed by atoms with E-state index < -0.39 is 0 Å². The Kier molecular flexibility index (Phi) is 5.84. The zero-order valence-corrected chi connectivity index (χ0v) is 16.8. The van der Waals surface area contributed by atoms with E-state index in [1.165, 1.54) is 62.6 Å². The lowest BCUT2D eigenvalue weighted by atomic mass is 9.87. The molecule has 1 aliphatic heterocycles. The largest absolute Gasteiger partial charge is 0.506 e. The van der Waals surface area contributed by atoms with Crippen LogP contribution in [-0.4, -0.2) is 20.8 Å². The summed E-state index contributed by atoms with van der Waals surface area (Å²) >= 11 is 0. The molecular formula is C24H31N3O. The van der Waals surface area contributed by atoms with Gasteiger partial charge in [0, 0.05) is 23.7 Å². The number of aliphatic hydroxyl groups excluding tert-OH is 1. The molecule has 1 atom stereocenters. The molecule has 4 heteroatoms. The molecule has 2 aromatic heterocycles. The first-order chi connectivity index (χ1) is 13.7. The summed E-state index contributed by atoms with van der Waals surface area (Å²) in [6.45, 7) is 2.27. The van der Waals surface area contributed by atoms with Crippen LogP contribution in [-0.2, 0) is 6.42 Å². The number of unbranched alkanes of at least 4 members (excludes halogenated alkanes) is 1. The predicted octanol–water partition coefficient (Wildman–Crippen LogP) is 6.41. The minimum Gasteiger partial charge on any atom is -0.506 e. The third-order valence-electron chi connectivity index (χ3n) is 5.96. The van der Waals surface area contributed by atoms with Crippen LogP contribution in [0.5, 0.6) is 0 Å². The minimum atomic E-state index is 0.237. The summed E-state index contributed by atoms with van der Waals surface area (Å²) < 4.78 is 0. The molecule has 3 N–H and O–H groups in total. The van der Waals surface area contributed by atoms with E-state index in [0.29, 0.717) is 11.6 Å². The van der Waals surface area contributed by atoms with Crippen molar-refractivity contribution in [1.82, 2.24) is 9.97 Å². The maximum atomic E-state index is 10.5. The molecule has 3 heterocycles. The predicted molar refractivity (Wildman–Crippen MR) is 116 cm³/mol. The molecule has 4 nitrogen and oxygen atoms in total. The van der Waals surface area contributed by atoms with Crippen molar-refractivity contribution in [3.05, 3.63) is 64.6 Å². The highest BCUT2D eigenvalue weighted by atomic mass is 16.3.